The summed E-state index contributed by atoms with van der Waals surface area (Å²) >= 11 is 3.19. The van der Waals surface area contributed by atoms with Gasteiger partial charge in [0.05, 0.1) is 23.2 Å². The fourth-order valence-corrected chi connectivity index (χ4v) is 4.61. The number of hydrogen-bond donors (Lipinski definition) is 4. The maximum atomic E-state index is 14.6. The van der Waals surface area contributed by atoms with Gasteiger partial charge in [-0.25, -0.2) is 9.18 Å². The molecule has 12 heteroatoms. The molecule has 1 heterocycles. The van der Waals surface area contributed by atoms with E-state index in [2.05, 4.69) is 26.6 Å². The number of halogens is 3. The van der Waals surface area contributed by atoms with Crippen LogP contribution in [-0.4, -0.2) is 60.2 Å². The fourth-order valence-electron chi connectivity index (χ4n) is 4.23. The minimum atomic E-state index is -0.985. The molecule has 0 aliphatic carbocycles. The number of ether oxygens (including phenoxy) is 2. The Labute approximate surface area is 244 Å². The highest BCUT2D eigenvalue weighted by atomic mass is 79.9. The Bertz CT molecular complexity index is 1400. The predicted molar refractivity (Wildman–Crippen MR) is 150 cm³/mol. The number of phenols is 2. The number of ketones is 1. The molecule has 3 aromatic carbocycles. The van der Waals surface area contributed by atoms with Gasteiger partial charge in [0.25, 0.3) is 5.91 Å². The van der Waals surface area contributed by atoms with Crippen LogP contribution in [0.15, 0.2) is 59.1 Å². The van der Waals surface area contributed by atoms with Crippen molar-refractivity contribution in [1.82, 2.24) is 10.6 Å². The molecule has 0 unspecified atom stereocenters. The van der Waals surface area contributed by atoms with Crippen molar-refractivity contribution in [3.63, 3.8) is 0 Å². The second kappa shape index (κ2) is 13.6. The van der Waals surface area contributed by atoms with E-state index in [1.807, 2.05) is 0 Å². The lowest BCUT2D eigenvalue weighted by atomic mass is 10.00. The number of hydrogen-bond acceptors (Lipinski definition) is 8. The molecule has 2 atom stereocenters. The lowest BCUT2D eigenvalue weighted by Gasteiger charge is -2.26. The van der Waals surface area contributed by atoms with Crippen molar-refractivity contribution in [2.24, 2.45) is 0 Å². The van der Waals surface area contributed by atoms with Gasteiger partial charge in [-0.15, -0.1) is 12.4 Å². The molecule has 3 aromatic rings. The number of rotatable bonds is 7. The van der Waals surface area contributed by atoms with E-state index < -0.39 is 41.0 Å². The van der Waals surface area contributed by atoms with Crippen LogP contribution in [0.25, 0.3) is 0 Å². The molecule has 9 nitrogen and oxygen atoms in total. The average Bonchev–Trinajstić information content (AvgIpc) is 3.15. The first-order valence-corrected chi connectivity index (χ1v) is 12.9. The molecule has 0 spiro atoms. The molecule has 0 saturated carbocycles. The van der Waals surface area contributed by atoms with E-state index in [-0.39, 0.29) is 40.9 Å². The Kier molecular flexibility index (Phi) is 10.5. The highest BCUT2D eigenvalue weighted by molar-refractivity contribution is 9.10. The van der Waals surface area contributed by atoms with Crippen molar-refractivity contribution in [2.45, 2.75) is 25.0 Å². The van der Waals surface area contributed by atoms with Crippen LogP contribution >= 0.6 is 28.3 Å². The first kappa shape index (κ1) is 30.9. The predicted octanol–water partition coefficient (Wildman–Crippen LogP) is 4.37. The van der Waals surface area contributed by atoms with E-state index in [1.165, 1.54) is 55.6 Å². The van der Waals surface area contributed by atoms with Gasteiger partial charge in [-0.3, -0.25) is 9.59 Å². The number of methoxy groups -OCH3 is 1. The topological polar surface area (TPSA) is 134 Å². The number of benzene rings is 3. The molecule has 40 heavy (non-hydrogen) atoms. The van der Waals surface area contributed by atoms with Gasteiger partial charge >= 0.3 is 5.97 Å². The van der Waals surface area contributed by atoms with Crippen LogP contribution in [0.5, 0.6) is 17.2 Å². The lowest BCUT2D eigenvalue weighted by molar-refractivity contribution is 0.0192. The summed E-state index contributed by atoms with van der Waals surface area (Å²) in [5.41, 5.74) is 0.00661. The Balaban J connectivity index is 0.00000441. The van der Waals surface area contributed by atoms with Crippen LogP contribution in [0.4, 0.5) is 4.39 Å². The Morgan fingerprint density at radius 2 is 1.65 bits per heavy atom. The number of esters is 1. The molecule has 1 saturated heterocycles. The molecular weight excluding hydrogens is 611 g/mol. The van der Waals surface area contributed by atoms with Crippen molar-refractivity contribution in [1.29, 1.82) is 0 Å². The summed E-state index contributed by atoms with van der Waals surface area (Å²) in [5.74, 6) is -3.51. The van der Waals surface area contributed by atoms with E-state index >= 15 is 0 Å². The van der Waals surface area contributed by atoms with Crippen molar-refractivity contribution < 1.29 is 38.5 Å². The van der Waals surface area contributed by atoms with Gasteiger partial charge in [-0.2, -0.15) is 0 Å². The zero-order chi connectivity index (χ0) is 28.1. The third kappa shape index (κ3) is 6.90. The third-order valence-corrected chi connectivity index (χ3v) is 6.99. The molecule has 0 radical (unpaired) electrons. The Morgan fingerprint density at radius 1 is 1.00 bits per heavy atom. The van der Waals surface area contributed by atoms with Crippen LogP contribution in [0.1, 0.15) is 49.5 Å². The van der Waals surface area contributed by atoms with Gasteiger partial charge in [-0.1, -0.05) is 12.1 Å². The van der Waals surface area contributed by atoms with E-state index in [0.29, 0.717) is 29.5 Å². The van der Waals surface area contributed by atoms with Gasteiger partial charge in [0.1, 0.15) is 23.2 Å². The van der Waals surface area contributed by atoms with Gasteiger partial charge < -0.3 is 30.3 Å². The van der Waals surface area contributed by atoms with E-state index in [4.69, 9.17) is 9.47 Å². The molecule has 0 bridgehead atoms. The molecule has 4 N–H and O–H groups in total. The average molecular weight is 638 g/mol. The van der Waals surface area contributed by atoms with Crippen LogP contribution in [-0.2, 0) is 4.74 Å². The molecule has 1 aliphatic rings. The number of nitrogens with one attached hydrogen (secondary N) is 2. The zero-order valence-corrected chi connectivity index (χ0v) is 23.7. The van der Waals surface area contributed by atoms with Crippen molar-refractivity contribution in [2.75, 3.05) is 20.2 Å². The summed E-state index contributed by atoms with van der Waals surface area (Å²) < 4.78 is 25.6. The highest BCUT2D eigenvalue weighted by Crippen LogP contribution is 2.30. The van der Waals surface area contributed by atoms with Gasteiger partial charge in [-0.05, 0) is 77.8 Å². The summed E-state index contributed by atoms with van der Waals surface area (Å²) in [7, 11) is 1.25. The summed E-state index contributed by atoms with van der Waals surface area (Å²) in [6.45, 7) is 1.07. The molecule has 0 aromatic heterocycles. The summed E-state index contributed by atoms with van der Waals surface area (Å²) in [6, 6.07) is 11.7. The quantitative estimate of drug-likeness (QED) is 0.222. The van der Waals surface area contributed by atoms with E-state index in [1.54, 1.807) is 0 Å². The smallest absolute Gasteiger partial charge is 0.338 e. The molecule has 1 aliphatic heterocycles. The maximum absolute atomic E-state index is 14.6. The fraction of sp³-hybridized carbons (Fsp3) is 0.250. The van der Waals surface area contributed by atoms with Crippen molar-refractivity contribution >= 4 is 46.0 Å². The van der Waals surface area contributed by atoms with Crippen molar-refractivity contribution in [3.8, 4) is 17.2 Å². The Morgan fingerprint density at radius 3 is 2.33 bits per heavy atom. The van der Waals surface area contributed by atoms with E-state index in [9.17, 15) is 29.0 Å². The van der Waals surface area contributed by atoms with Crippen LogP contribution in [0.3, 0.4) is 0 Å². The van der Waals surface area contributed by atoms with Crippen molar-refractivity contribution in [3.05, 3.63) is 87.1 Å². The molecular formula is C28H27BrClFN2O7. The SMILES string of the molecule is COc1ccc(O)c(C(=O)c2ccc(C(=O)O[C@@H]3CCCNC[C@H]3NC(=O)c3ccc(O)c(Br)c3)cc2)c1F.Cl. The van der Waals surface area contributed by atoms with Gasteiger partial charge in [0, 0.05) is 17.7 Å². The number of amides is 1. The number of phenolic OH excluding ortho intramolecular Hbond substituents is 2. The molecule has 1 fully saturated rings. The van der Waals surface area contributed by atoms with Crippen LogP contribution < -0.4 is 15.4 Å². The third-order valence-electron chi connectivity index (χ3n) is 6.35. The van der Waals surface area contributed by atoms with Gasteiger partial charge in [0.2, 0.25) is 0 Å². The first-order valence-electron chi connectivity index (χ1n) is 12.1. The lowest BCUT2D eigenvalue weighted by Crippen LogP contribution is -2.49. The second-order valence-corrected chi connectivity index (χ2v) is 9.77. The molecule has 1 amide bonds. The minimum Gasteiger partial charge on any atom is -0.507 e. The van der Waals surface area contributed by atoms with Gasteiger partial charge in [0.15, 0.2) is 17.3 Å². The summed E-state index contributed by atoms with van der Waals surface area (Å²) in [6.07, 6.45) is 0.604. The van der Waals surface area contributed by atoms with Crippen LogP contribution in [0.2, 0.25) is 0 Å². The standard InChI is InChI=1S/C28H26BrFN2O7.ClH/c1-38-23-11-10-21(34)24(25(23)30)26(35)15-4-6-16(7-5-15)28(37)39-22-3-2-12-31-14-19(22)32-27(36)17-8-9-20(33)18(29)13-17;/h4-11,13,19,22,31,33-34H,2-3,12,14H2,1H3,(H,32,36);1H/t19-,22-;/m1./s1. The molecule has 212 valence electrons. The monoisotopic (exact) mass is 636 g/mol. The first-order chi connectivity index (χ1) is 18.7. The summed E-state index contributed by atoms with van der Waals surface area (Å²) in [5, 5.41) is 25.8. The number of carbonyl (C=O) groups is 3. The normalized spacial score (nSPS) is 16.7. The van der Waals surface area contributed by atoms with Crippen LogP contribution in [0, 0.1) is 5.82 Å². The maximum Gasteiger partial charge on any atom is 0.338 e. The summed E-state index contributed by atoms with van der Waals surface area (Å²) in [4.78, 5) is 38.7. The van der Waals surface area contributed by atoms with E-state index in [0.717, 1.165) is 12.5 Å². The number of carbonyl (C=O) groups excluding carboxylic acids is 3. The minimum absolute atomic E-state index is 0. The second-order valence-electron chi connectivity index (χ2n) is 8.92. The Hall–Kier alpha value is -3.67. The largest absolute Gasteiger partial charge is 0.507 e. The molecule has 4 rings (SSSR count). The number of aromatic hydroxyl groups is 2. The highest BCUT2D eigenvalue weighted by Gasteiger charge is 2.29. The zero-order valence-electron chi connectivity index (χ0n) is 21.3.